The lowest BCUT2D eigenvalue weighted by Gasteiger charge is -2.15. The fourth-order valence-corrected chi connectivity index (χ4v) is 1.71. The number of hydrogen-bond acceptors (Lipinski definition) is 2. The summed E-state index contributed by atoms with van der Waals surface area (Å²) in [6.45, 7) is 6.84. The van der Waals surface area contributed by atoms with E-state index in [1.54, 1.807) is 12.1 Å². The fraction of sp³-hybridized carbons (Fsp3) is 0.467. The van der Waals surface area contributed by atoms with Gasteiger partial charge in [-0.25, -0.2) is 0 Å². The Morgan fingerprint density at radius 3 is 2.70 bits per heavy atom. The van der Waals surface area contributed by atoms with Crippen molar-refractivity contribution in [2.45, 2.75) is 32.5 Å². The summed E-state index contributed by atoms with van der Waals surface area (Å²) in [7, 11) is 0. The molecule has 20 heavy (non-hydrogen) atoms. The maximum atomic E-state index is 13.0. The van der Waals surface area contributed by atoms with Gasteiger partial charge in [-0.1, -0.05) is 19.1 Å². The molecule has 0 atom stereocenters. The predicted molar refractivity (Wildman–Crippen MR) is 73.8 cm³/mol. The van der Waals surface area contributed by atoms with E-state index in [-0.39, 0.29) is 12.4 Å². The minimum Gasteiger partial charge on any atom is -0.493 e. The Bertz CT molecular complexity index is 430. The van der Waals surface area contributed by atoms with Crippen LogP contribution in [-0.2, 0) is 12.7 Å². The van der Waals surface area contributed by atoms with E-state index in [9.17, 15) is 13.2 Å². The Labute approximate surface area is 117 Å². The van der Waals surface area contributed by atoms with E-state index in [0.717, 1.165) is 12.5 Å². The molecule has 1 rings (SSSR count). The van der Waals surface area contributed by atoms with E-state index in [1.165, 1.54) is 6.07 Å². The summed E-state index contributed by atoms with van der Waals surface area (Å²) in [5.41, 5.74) is -0.121. The monoisotopic (exact) mass is 287 g/mol. The molecule has 0 amide bonds. The summed E-state index contributed by atoms with van der Waals surface area (Å²) in [6.07, 6.45) is -1.32. The first kappa shape index (κ1) is 16.6. The molecule has 0 saturated carbocycles. The smallest absolute Gasteiger partial charge is 0.419 e. The van der Waals surface area contributed by atoms with Crippen LogP contribution in [0.2, 0.25) is 0 Å². The number of rotatable bonds is 8. The molecule has 0 spiro atoms. The van der Waals surface area contributed by atoms with Gasteiger partial charge >= 0.3 is 6.18 Å². The van der Waals surface area contributed by atoms with Crippen LogP contribution in [0.15, 0.2) is 30.9 Å². The van der Waals surface area contributed by atoms with Crippen molar-refractivity contribution in [1.82, 2.24) is 5.32 Å². The van der Waals surface area contributed by atoms with Crippen LogP contribution >= 0.6 is 0 Å². The molecular formula is C15H20F3NO. The lowest BCUT2D eigenvalue weighted by molar-refractivity contribution is -0.139. The number of alkyl halides is 3. The van der Waals surface area contributed by atoms with Gasteiger partial charge in [0.25, 0.3) is 0 Å². The minimum atomic E-state index is -4.41. The predicted octanol–water partition coefficient (Wildman–Crippen LogP) is 4.16. The second-order valence-electron chi connectivity index (χ2n) is 4.39. The average molecular weight is 287 g/mol. The molecule has 0 bridgehead atoms. The second-order valence-corrected chi connectivity index (χ2v) is 4.39. The molecule has 0 saturated heterocycles. The molecule has 1 aromatic rings. The van der Waals surface area contributed by atoms with E-state index < -0.39 is 11.7 Å². The van der Waals surface area contributed by atoms with Crippen molar-refractivity contribution in [2.24, 2.45) is 0 Å². The van der Waals surface area contributed by atoms with E-state index in [2.05, 4.69) is 11.9 Å². The summed E-state index contributed by atoms with van der Waals surface area (Å²) < 4.78 is 44.3. The first-order valence-electron chi connectivity index (χ1n) is 6.63. The van der Waals surface area contributed by atoms with Crippen LogP contribution in [0.1, 0.15) is 30.9 Å². The van der Waals surface area contributed by atoms with Crippen molar-refractivity contribution < 1.29 is 17.9 Å². The molecule has 112 valence electrons. The van der Waals surface area contributed by atoms with Gasteiger partial charge in [0.1, 0.15) is 5.75 Å². The van der Waals surface area contributed by atoms with Crippen molar-refractivity contribution in [3.05, 3.63) is 42.0 Å². The maximum Gasteiger partial charge on any atom is 0.419 e. The lowest BCUT2D eigenvalue weighted by Crippen LogP contribution is -2.14. The van der Waals surface area contributed by atoms with Gasteiger partial charge in [0.15, 0.2) is 0 Å². The lowest BCUT2D eigenvalue weighted by atomic mass is 10.1. The fourth-order valence-electron chi connectivity index (χ4n) is 1.71. The van der Waals surface area contributed by atoms with Gasteiger partial charge in [-0.05, 0) is 37.1 Å². The molecule has 0 fully saturated rings. The minimum absolute atomic E-state index is 0.109. The molecule has 0 radical (unpaired) electrons. The first-order chi connectivity index (χ1) is 9.49. The number of allylic oxidation sites excluding steroid dienone is 1. The van der Waals surface area contributed by atoms with E-state index in [0.29, 0.717) is 25.1 Å². The molecule has 1 aromatic carbocycles. The number of nitrogens with one attached hydrogen (secondary N) is 1. The highest BCUT2D eigenvalue weighted by Gasteiger charge is 2.34. The first-order valence-corrected chi connectivity index (χ1v) is 6.63. The van der Waals surface area contributed by atoms with Crippen LogP contribution in [0.4, 0.5) is 13.2 Å². The molecule has 2 nitrogen and oxygen atoms in total. The van der Waals surface area contributed by atoms with Gasteiger partial charge < -0.3 is 10.1 Å². The standard InChI is InChI=1S/C15H20F3NO/c1-3-5-6-9-20-14-8-7-12(11-19-4-2)10-13(14)15(16,17)18/h3,7-8,10,19H,1,4-6,9,11H2,2H3. The zero-order valence-electron chi connectivity index (χ0n) is 11.6. The Balaban J connectivity index is 2.84. The van der Waals surface area contributed by atoms with Crippen molar-refractivity contribution in [3.63, 3.8) is 0 Å². The van der Waals surface area contributed by atoms with Crippen LogP contribution in [0, 0.1) is 0 Å². The van der Waals surface area contributed by atoms with Gasteiger partial charge in [0.05, 0.1) is 12.2 Å². The molecular weight excluding hydrogens is 267 g/mol. The van der Waals surface area contributed by atoms with Gasteiger partial charge in [0, 0.05) is 6.54 Å². The molecule has 0 aliphatic carbocycles. The zero-order chi connectivity index (χ0) is 15.0. The van der Waals surface area contributed by atoms with E-state index >= 15 is 0 Å². The van der Waals surface area contributed by atoms with Crippen molar-refractivity contribution >= 4 is 0 Å². The van der Waals surface area contributed by atoms with Crippen LogP contribution in [0.3, 0.4) is 0 Å². The van der Waals surface area contributed by atoms with Crippen LogP contribution in [0.25, 0.3) is 0 Å². The van der Waals surface area contributed by atoms with Gasteiger partial charge in [-0.2, -0.15) is 13.2 Å². The molecule has 1 N–H and O–H groups in total. The molecule has 0 heterocycles. The third-order valence-corrected chi connectivity index (χ3v) is 2.74. The molecule has 5 heteroatoms. The number of benzene rings is 1. The van der Waals surface area contributed by atoms with Crippen molar-refractivity contribution in [3.8, 4) is 5.75 Å². The summed E-state index contributed by atoms with van der Waals surface area (Å²) in [5.74, 6) is -0.109. The number of halogens is 3. The summed E-state index contributed by atoms with van der Waals surface area (Å²) in [5, 5.41) is 3.00. The SMILES string of the molecule is C=CCCCOc1ccc(CNCC)cc1C(F)(F)F. The summed E-state index contributed by atoms with van der Waals surface area (Å²) in [6, 6.07) is 4.19. The molecule has 0 unspecified atom stereocenters. The topological polar surface area (TPSA) is 21.3 Å². The Morgan fingerprint density at radius 2 is 2.10 bits per heavy atom. The normalized spacial score (nSPS) is 11.4. The third-order valence-electron chi connectivity index (χ3n) is 2.74. The second kappa shape index (κ2) is 7.94. The highest BCUT2D eigenvalue weighted by atomic mass is 19.4. The highest BCUT2D eigenvalue weighted by Crippen LogP contribution is 2.36. The van der Waals surface area contributed by atoms with Crippen LogP contribution in [0.5, 0.6) is 5.75 Å². The Kier molecular flexibility index (Phi) is 6.58. The molecule has 0 aromatic heterocycles. The quantitative estimate of drug-likeness (QED) is 0.572. The largest absolute Gasteiger partial charge is 0.493 e. The maximum absolute atomic E-state index is 13.0. The Hall–Kier alpha value is -1.49. The zero-order valence-corrected chi connectivity index (χ0v) is 11.6. The number of unbranched alkanes of at least 4 members (excludes halogenated alkanes) is 1. The highest BCUT2D eigenvalue weighted by molar-refractivity contribution is 5.39. The van der Waals surface area contributed by atoms with Gasteiger partial charge in [-0.3, -0.25) is 0 Å². The molecule has 0 aliphatic rings. The van der Waals surface area contributed by atoms with Crippen molar-refractivity contribution in [1.29, 1.82) is 0 Å². The number of ether oxygens (including phenoxy) is 1. The van der Waals surface area contributed by atoms with Crippen LogP contribution in [-0.4, -0.2) is 13.2 Å². The third kappa shape index (κ3) is 5.25. The van der Waals surface area contributed by atoms with Crippen molar-refractivity contribution in [2.75, 3.05) is 13.2 Å². The van der Waals surface area contributed by atoms with Gasteiger partial charge in [-0.15, -0.1) is 6.58 Å². The van der Waals surface area contributed by atoms with E-state index in [1.807, 2.05) is 6.92 Å². The van der Waals surface area contributed by atoms with Crippen LogP contribution < -0.4 is 10.1 Å². The summed E-state index contributed by atoms with van der Waals surface area (Å²) >= 11 is 0. The van der Waals surface area contributed by atoms with E-state index in [4.69, 9.17) is 4.74 Å². The summed E-state index contributed by atoms with van der Waals surface area (Å²) in [4.78, 5) is 0. The number of hydrogen-bond donors (Lipinski definition) is 1. The molecule has 0 aliphatic heterocycles. The average Bonchev–Trinajstić information content (AvgIpc) is 2.41. The Morgan fingerprint density at radius 1 is 1.35 bits per heavy atom. The van der Waals surface area contributed by atoms with Gasteiger partial charge in [0.2, 0.25) is 0 Å².